The average molecular weight is 477 g/mol. The van der Waals surface area contributed by atoms with Crippen molar-refractivity contribution >= 4 is 23.2 Å². The molecule has 184 valence electrons. The third-order valence-electron chi connectivity index (χ3n) is 8.27. The van der Waals surface area contributed by atoms with E-state index in [1.165, 1.54) is 39.8 Å². The molecule has 0 amide bonds. The van der Waals surface area contributed by atoms with Crippen molar-refractivity contribution in [1.82, 2.24) is 0 Å². The number of fused-ring (bicyclic) bond motifs is 2. The van der Waals surface area contributed by atoms with Crippen LogP contribution in [-0.4, -0.2) is 12.6 Å². The summed E-state index contributed by atoms with van der Waals surface area (Å²) >= 11 is 0. The zero-order valence-corrected chi connectivity index (χ0v) is 21.5. The highest BCUT2D eigenvalue weighted by Gasteiger charge is 2.51. The van der Waals surface area contributed by atoms with Gasteiger partial charge in [-0.25, -0.2) is 0 Å². The van der Waals surface area contributed by atoms with E-state index in [4.69, 9.17) is 4.74 Å². The molecule has 0 aliphatic heterocycles. The Kier molecular flexibility index (Phi) is 7.23. The summed E-state index contributed by atoms with van der Waals surface area (Å²) in [5.74, 6) is 1.38. The predicted molar refractivity (Wildman–Crippen MR) is 150 cm³/mol. The van der Waals surface area contributed by atoms with Crippen LogP contribution in [0.4, 0.5) is 0 Å². The van der Waals surface area contributed by atoms with Crippen LogP contribution < -0.4 is 0 Å². The molecule has 3 aromatic rings. The Morgan fingerprint density at radius 2 is 1.64 bits per heavy atom. The normalized spacial score (nSPS) is 23.0. The molecule has 36 heavy (non-hydrogen) atoms. The van der Waals surface area contributed by atoms with Gasteiger partial charge in [0.2, 0.25) is 0 Å². The molecular formula is C34H36O2. The Bertz CT molecular complexity index is 1250. The predicted octanol–water partition coefficient (Wildman–Crippen LogP) is 8.54. The maximum atomic E-state index is 13.0. The molecule has 0 aromatic heterocycles. The zero-order valence-electron chi connectivity index (χ0n) is 21.5. The lowest BCUT2D eigenvalue weighted by Crippen LogP contribution is -2.31. The van der Waals surface area contributed by atoms with Gasteiger partial charge in [0.05, 0.1) is 12.5 Å². The quantitative estimate of drug-likeness (QED) is 0.240. The number of esters is 1. The van der Waals surface area contributed by atoms with Gasteiger partial charge in [-0.3, -0.25) is 4.79 Å². The number of ether oxygens (including phenoxy) is 1. The Labute approximate surface area is 215 Å². The molecule has 2 bridgehead atoms. The molecular weight excluding hydrogens is 440 g/mol. The monoisotopic (exact) mass is 476 g/mol. The highest BCUT2D eigenvalue weighted by molar-refractivity contribution is 5.91. The molecule has 0 N–H and O–H groups in total. The van der Waals surface area contributed by atoms with Crippen molar-refractivity contribution in [3.8, 4) is 11.1 Å². The number of carbonyl (C=O) groups is 1. The molecule has 0 spiro atoms. The summed E-state index contributed by atoms with van der Waals surface area (Å²) in [4.78, 5) is 13.0. The summed E-state index contributed by atoms with van der Waals surface area (Å²) in [5.41, 5.74) is 8.33. The van der Waals surface area contributed by atoms with Gasteiger partial charge in [0.25, 0.3) is 0 Å². The van der Waals surface area contributed by atoms with E-state index in [1.54, 1.807) is 0 Å². The number of hydrogen-bond donors (Lipinski definition) is 0. The van der Waals surface area contributed by atoms with Crippen LogP contribution in [0.25, 0.3) is 28.3 Å². The van der Waals surface area contributed by atoms with Crippen LogP contribution in [0.2, 0.25) is 0 Å². The fourth-order valence-electron chi connectivity index (χ4n) is 6.66. The molecule has 5 rings (SSSR count). The first-order chi connectivity index (χ1) is 17.6. The van der Waals surface area contributed by atoms with Crippen LogP contribution in [0.15, 0.2) is 85.4 Å². The lowest BCUT2D eigenvalue weighted by atomic mass is 9.74. The minimum absolute atomic E-state index is 0.00103. The van der Waals surface area contributed by atoms with Crippen molar-refractivity contribution in [3.63, 3.8) is 0 Å². The van der Waals surface area contributed by atoms with E-state index in [-0.39, 0.29) is 11.9 Å². The van der Waals surface area contributed by atoms with Gasteiger partial charge in [-0.2, -0.15) is 0 Å². The highest BCUT2D eigenvalue weighted by atomic mass is 16.5. The first-order valence-corrected chi connectivity index (χ1v) is 13.3. The molecule has 0 saturated heterocycles. The van der Waals surface area contributed by atoms with Gasteiger partial charge < -0.3 is 4.74 Å². The molecule has 2 aliphatic carbocycles. The summed E-state index contributed by atoms with van der Waals surface area (Å²) in [7, 11) is 0. The second-order valence-corrected chi connectivity index (χ2v) is 10.4. The maximum Gasteiger partial charge on any atom is 0.309 e. The average Bonchev–Trinajstić information content (AvgIpc) is 3.52. The van der Waals surface area contributed by atoms with Gasteiger partial charge in [-0.1, -0.05) is 91.5 Å². The molecule has 2 saturated carbocycles. The van der Waals surface area contributed by atoms with E-state index in [0.29, 0.717) is 24.4 Å². The van der Waals surface area contributed by atoms with E-state index in [1.807, 2.05) is 6.92 Å². The molecule has 3 aromatic carbocycles. The second kappa shape index (κ2) is 10.7. The number of allylic oxidation sites excluding steroid dienone is 2. The first kappa shape index (κ1) is 24.3. The van der Waals surface area contributed by atoms with Crippen LogP contribution in [0, 0.1) is 23.7 Å². The molecule has 4 atom stereocenters. The molecule has 2 heteroatoms. The van der Waals surface area contributed by atoms with Crippen molar-refractivity contribution in [2.45, 2.75) is 39.5 Å². The van der Waals surface area contributed by atoms with Gasteiger partial charge in [-0.15, -0.1) is 0 Å². The summed E-state index contributed by atoms with van der Waals surface area (Å²) < 4.78 is 5.54. The number of carbonyl (C=O) groups excluding carboxylic acids is 1. The van der Waals surface area contributed by atoms with Crippen molar-refractivity contribution in [2.75, 3.05) is 6.61 Å². The van der Waals surface area contributed by atoms with Crippen molar-refractivity contribution in [1.29, 1.82) is 0 Å². The van der Waals surface area contributed by atoms with Crippen molar-refractivity contribution in [2.24, 2.45) is 23.7 Å². The van der Waals surface area contributed by atoms with Crippen molar-refractivity contribution in [3.05, 3.63) is 102 Å². The smallest absolute Gasteiger partial charge is 0.309 e. The van der Waals surface area contributed by atoms with E-state index < -0.39 is 0 Å². The van der Waals surface area contributed by atoms with Crippen molar-refractivity contribution < 1.29 is 9.53 Å². The van der Waals surface area contributed by atoms with Crippen LogP contribution in [0.1, 0.15) is 56.2 Å². The fraction of sp³-hybridized carbons (Fsp3) is 0.324. The third kappa shape index (κ3) is 4.82. The SMILES string of the molecule is C=C(CC1C2CCC(C2)C1C(=O)OCC)c1c(C=C(C)c2ccccc2)cccc1-c1ccccc1. The second-order valence-electron chi connectivity index (χ2n) is 10.4. The van der Waals surface area contributed by atoms with Gasteiger partial charge >= 0.3 is 5.97 Å². The minimum atomic E-state index is -0.00103. The molecule has 2 nitrogen and oxygen atoms in total. The van der Waals surface area contributed by atoms with E-state index in [9.17, 15) is 4.79 Å². The Morgan fingerprint density at radius 3 is 2.36 bits per heavy atom. The number of rotatable bonds is 8. The number of benzene rings is 3. The molecule has 0 heterocycles. The molecule has 2 fully saturated rings. The lowest BCUT2D eigenvalue weighted by Gasteiger charge is -2.30. The van der Waals surface area contributed by atoms with Crippen LogP contribution in [0.5, 0.6) is 0 Å². The zero-order chi connectivity index (χ0) is 25.1. The van der Waals surface area contributed by atoms with Gasteiger partial charge in [0.15, 0.2) is 0 Å². The Balaban J connectivity index is 1.54. The standard InChI is InChI=1S/C34H36O2/c1-4-36-34(35)33-29-19-18-27(22-29)31(33)21-24(3)32-28(20-23(2)25-12-7-5-8-13-25)16-11-17-30(32)26-14-9-6-10-15-26/h5-17,20,27,29,31,33H,3-4,18-19,21-22H2,1-2H3. The van der Waals surface area contributed by atoms with E-state index in [2.05, 4.69) is 98.4 Å². The summed E-state index contributed by atoms with van der Waals surface area (Å²) in [6.07, 6.45) is 6.65. The summed E-state index contributed by atoms with van der Waals surface area (Å²) in [6.45, 7) is 9.18. The molecule has 2 aliphatic rings. The largest absolute Gasteiger partial charge is 0.466 e. The minimum Gasteiger partial charge on any atom is -0.466 e. The topological polar surface area (TPSA) is 26.3 Å². The van der Waals surface area contributed by atoms with E-state index in [0.717, 1.165) is 24.8 Å². The van der Waals surface area contributed by atoms with Gasteiger partial charge in [0, 0.05) is 0 Å². The van der Waals surface area contributed by atoms with E-state index >= 15 is 0 Å². The summed E-state index contributed by atoms with van der Waals surface area (Å²) in [6, 6.07) is 27.6. The lowest BCUT2D eigenvalue weighted by molar-refractivity contribution is -0.151. The van der Waals surface area contributed by atoms with Crippen LogP contribution in [0.3, 0.4) is 0 Å². The Hall–Kier alpha value is -3.39. The summed E-state index contributed by atoms with van der Waals surface area (Å²) in [5, 5.41) is 0. The Morgan fingerprint density at radius 1 is 0.944 bits per heavy atom. The maximum absolute atomic E-state index is 13.0. The number of hydrogen-bond acceptors (Lipinski definition) is 2. The highest BCUT2D eigenvalue weighted by Crippen LogP contribution is 2.55. The molecule has 4 unspecified atom stereocenters. The van der Waals surface area contributed by atoms with Gasteiger partial charge in [-0.05, 0) is 96.2 Å². The van der Waals surface area contributed by atoms with Gasteiger partial charge in [0.1, 0.15) is 0 Å². The first-order valence-electron chi connectivity index (χ1n) is 13.3. The van der Waals surface area contributed by atoms with Crippen LogP contribution in [-0.2, 0) is 9.53 Å². The fourth-order valence-corrected chi connectivity index (χ4v) is 6.66. The molecule has 0 radical (unpaired) electrons. The third-order valence-corrected chi connectivity index (χ3v) is 8.27. The van der Waals surface area contributed by atoms with Crippen LogP contribution >= 0.6 is 0 Å².